The van der Waals surface area contributed by atoms with Crippen molar-refractivity contribution in [3.05, 3.63) is 71.1 Å². The quantitative estimate of drug-likeness (QED) is 0.541. The first-order valence-electron chi connectivity index (χ1n) is 5.46. The molecule has 0 aliphatic carbocycles. The molecule has 0 atom stereocenters. The van der Waals surface area contributed by atoms with E-state index in [0.717, 1.165) is 16.9 Å². The minimum Gasteiger partial charge on any atom is -0.497 e. The smallest absolute Gasteiger partial charge is 0.202 e. The van der Waals surface area contributed by atoms with E-state index in [1.54, 1.807) is 13.2 Å². The van der Waals surface area contributed by atoms with E-state index in [1.165, 1.54) is 0 Å². The van der Waals surface area contributed by atoms with Crippen LogP contribution in [-0.2, 0) is 0 Å². The van der Waals surface area contributed by atoms with Gasteiger partial charge in [0, 0.05) is 11.1 Å². The molecule has 0 amide bonds. The summed E-state index contributed by atoms with van der Waals surface area (Å²) in [4.78, 5) is 3.44. The van der Waals surface area contributed by atoms with Gasteiger partial charge in [-0.2, -0.15) is 0 Å². The van der Waals surface area contributed by atoms with Crippen molar-refractivity contribution >= 4 is 5.69 Å². The first-order valence-corrected chi connectivity index (χ1v) is 5.46. The summed E-state index contributed by atoms with van der Waals surface area (Å²) in [5.74, 6) is 6.86. The van der Waals surface area contributed by atoms with Gasteiger partial charge < -0.3 is 4.74 Å². The van der Waals surface area contributed by atoms with Crippen molar-refractivity contribution in [2.45, 2.75) is 0 Å². The van der Waals surface area contributed by atoms with Gasteiger partial charge in [0.05, 0.1) is 13.7 Å². The van der Waals surface area contributed by atoms with Crippen molar-refractivity contribution < 1.29 is 4.74 Å². The maximum atomic E-state index is 7.06. The zero-order valence-corrected chi connectivity index (χ0v) is 9.97. The Morgan fingerprint density at radius 3 is 2.39 bits per heavy atom. The highest BCUT2D eigenvalue weighted by molar-refractivity contribution is 5.60. The van der Waals surface area contributed by atoms with Gasteiger partial charge in [-0.25, -0.2) is 4.85 Å². The normalized spacial score (nSPS) is 8.89. The fourth-order valence-corrected chi connectivity index (χ4v) is 1.49. The maximum absolute atomic E-state index is 7.06. The number of ether oxygens (including phenoxy) is 1. The Bertz CT molecular complexity index is 639. The molecule has 0 saturated heterocycles. The van der Waals surface area contributed by atoms with Gasteiger partial charge in [-0.15, -0.1) is 0 Å². The molecule has 0 bridgehead atoms. The molecule has 0 radical (unpaired) electrons. The molecule has 18 heavy (non-hydrogen) atoms. The highest BCUT2D eigenvalue weighted by atomic mass is 16.5. The van der Waals surface area contributed by atoms with Crippen molar-refractivity contribution in [1.29, 1.82) is 0 Å². The number of benzene rings is 2. The molecule has 0 saturated carbocycles. The summed E-state index contributed by atoms with van der Waals surface area (Å²) in [5, 5.41) is 0. The molecule has 0 aliphatic heterocycles. The lowest BCUT2D eigenvalue weighted by atomic mass is 10.1. The minimum atomic E-state index is 0.582. The maximum Gasteiger partial charge on any atom is 0.202 e. The first kappa shape index (κ1) is 11.8. The van der Waals surface area contributed by atoms with Gasteiger partial charge in [0.2, 0.25) is 5.69 Å². The summed E-state index contributed by atoms with van der Waals surface area (Å²) >= 11 is 0. The molecule has 2 heteroatoms. The molecule has 0 fully saturated rings. The number of hydrogen-bond acceptors (Lipinski definition) is 1. The Hall–Kier alpha value is -2.71. The zero-order chi connectivity index (χ0) is 12.8. The van der Waals surface area contributed by atoms with Gasteiger partial charge >= 0.3 is 0 Å². The molecule has 2 rings (SSSR count). The summed E-state index contributed by atoms with van der Waals surface area (Å²) in [7, 11) is 1.63. The third-order valence-electron chi connectivity index (χ3n) is 2.46. The Morgan fingerprint density at radius 1 is 1.00 bits per heavy atom. The lowest BCUT2D eigenvalue weighted by molar-refractivity contribution is 0.415. The average molecular weight is 233 g/mol. The average Bonchev–Trinajstić information content (AvgIpc) is 2.46. The van der Waals surface area contributed by atoms with E-state index < -0.39 is 0 Å². The molecule has 86 valence electrons. The fourth-order valence-electron chi connectivity index (χ4n) is 1.49. The van der Waals surface area contributed by atoms with Crippen molar-refractivity contribution in [2.24, 2.45) is 0 Å². The van der Waals surface area contributed by atoms with E-state index in [2.05, 4.69) is 16.7 Å². The minimum absolute atomic E-state index is 0.582. The largest absolute Gasteiger partial charge is 0.497 e. The number of para-hydroxylation sites is 1. The van der Waals surface area contributed by atoms with E-state index in [-0.39, 0.29) is 0 Å². The second-order valence-electron chi connectivity index (χ2n) is 3.61. The Kier molecular flexibility index (Phi) is 3.64. The van der Waals surface area contributed by atoms with Gasteiger partial charge in [0.1, 0.15) is 5.75 Å². The molecular formula is C16H11NO. The summed E-state index contributed by atoms with van der Waals surface area (Å²) < 4.78 is 5.08. The van der Waals surface area contributed by atoms with E-state index in [4.69, 9.17) is 11.3 Å². The Labute approximate surface area is 107 Å². The summed E-state index contributed by atoms with van der Waals surface area (Å²) in [6.45, 7) is 7.06. The van der Waals surface area contributed by atoms with Crippen LogP contribution in [0.15, 0.2) is 48.5 Å². The third-order valence-corrected chi connectivity index (χ3v) is 2.46. The van der Waals surface area contributed by atoms with Crippen LogP contribution in [-0.4, -0.2) is 7.11 Å². The van der Waals surface area contributed by atoms with Crippen molar-refractivity contribution in [2.75, 3.05) is 7.11 Å². The van der Waals surface area contributed by atoms with Crippen LogP contribution in [0.3, 0.4) is 0 Å². The van der Waals surface area contributed by atoms with Crippen LogP contribution >= 0.6 is 0 Å². The molecule has 0 unspecified atom stereocenters. The van der Waals surface area contributed by atoms with Gasteiger partial charge in [0.15, 0.2) is 0 Å². The number of rotatable bonds is 1. The monoisotopic (exact) mass is 233 g/mol. The standard InChI is InChI=1S/C16H11NO/c1-17-16-6-4-3-5-14(16)10-7-13-8-11-15(18-2)12-9-13/h3-6,8-9,11-12H,2H3. The predicted molar refractivity (Wildman–Crippen MR) is 71.7 cm³/mol. The van der Waals surface area contributed by atoms with E-state index >= 15 is 0 Å². The molecule has 2 nitrogen and oxygen atoms in total. The van der Waals surface area contributed by atoms with E-state index in [1.807, 2.05) is 42.5 Å². The number of methoxy groups -OCH3 is 1. The fraction of sp³-hybridized carbons (Fsp3) is 0.0625. The Balaban J connectivity index is 2.28. The van der Waals surface area contributed by atoms with Crippen LogP contribution in [0.4, 0.5) is 5.69 Å². The highest BCUT2D eigenvalue weighted by Gasteiger charge is 1.96. The topological polar surface area (TPSA) is 13.6 Å². The molecule has 0 spiro atoms. The van der Waals surface area contributed by atoms with Crippen LogP contribution in [0, 0.1) is 18.4 Å². The Morgan fingerprint density at radius 2 is 1.72 bits per heavy atom. The lowest BCUT2D eigenvalue weighted by Gasteiger charge is -1.97. The van der Waals surface area contributed by atoms with Crippen LogP contribution in [0.2, 0.25) is 0 Å². The van der Waals surface area contributed by atoms with Gasteiger partial charge in [-0.1, -0.05) is 36.1 Å². The van der Waals surface area contributed by atoms with Gasteiger partial charge in [0.25, 0.3) is 0 Å². The van der Waals surface area contributed by atoms with Crippen LogP contribution < -0.4 is 4.74 Å². The third kappa shape index (κ3) is 2.70. The molecule has 0 aromatic heterocycles. The van der Waals surface area contributed by atoms with Crippen molar-refractivity contribution in [3.63, 3.8) is 0 Å². The number of hydrogen-bond donors (Lipinski definition) is 0. The van der Waals surface area contributed by atoms with Gasteiger partial charge in [-0.3, -0.25) is 0 Å². The molecule has 0 aliphatic rings. The van der Waals surface area contributed by atoms with Crippen molar-refractivity contribution in [3.8, 4) is 17.6 Å². The van der Waals surface area contributed by atoms with Crippen LogP contribution in [0.25, 0.3) is 4.85 Å². The second kappa shape index (κ2) is 5.57. The molecule has 2 aromatic rings. The SMILES string of the molecule is [C-]#[N+]c1ccccc1C#Cc1ccc(OC)cc1. The van der Waals surface area contributed by atoms with Crippen LogP contribution in [0.5, 0.6) is 5.75 Å². The highest BCUT2D eigenvalue weighted by Crippen LogP contribution is 2.17. The number of nitrogens with zero attached hydrogens (tertiary/aromatic N) is 1. The van der Waals surface area contributed by atoms with E-state index in [9.17, 15) is 0 Å². The van der Waals surface area contributed by atoms with Crippen molar-refractivity contribution in [1.82, 2.24) is 0 Å². The predicted octanol–water partition coefficient (Wildman–Crippen LogP) is 3.65. The molecule has 0 heterocycles. The summed E-state index contributed by atoms with van der Waals surface area (Å²) in [6, 6.07) is 14.9. The molecule has 0 N–H and O–H groups in total. The lowest BCUT2D eigenvalue weighted by Crippen LogP contribution is -1.82. The van der Waals surface area contributed by atoms with Gasteiger partial charge in [-0.05, 0) is 24.3 Å². The molecule has 2 aromatic carbocycles. The van der Waals surface area contributed by atoms with E-state index in [0.29, 0.717) is 5.69 Å². The first-order chi connectivity index (χ1) is 8.83. The van der Waals surface area contributed by atoms with Crippen LogP contribution in [0.1, 0.15) is 11.1 Å². The second-order valence-corrected chi connectivity index (χ2v) is 3.61. The summed E-state index contributed by atoms with van der Waals surface area (Å²) in [6.07, 6.45) is 0. The summed E-state index contributed by atoms with van der Waals surface area (Å²) in [5.41, 5.74) is 2.23. The molecular weight excluding hydrogens is 222 g/mol. The zero-order valence-electron chi connectivity index (χ0n) is 9.97.